The molecule has 2 aromatic rings. The minimum Gasteiger partial charge on any atom is -0.496 e. The van der Waals surface area contributed by atoms with Gasteiger partial charge in [-0.3, -0.25) is 0 Å². The Hall–Kier alpha value is -2.22. The minimum atomic E-state index is 0.856. The molecule has 0 unspecified atom stereocenters. The van der Waals surface area contributed by atoms with Crippen LogP contribution in [0.25, 0.3) is 22.9 Å². The summed E-state index contributed by atoms with van der Waals surface area (Å²) >= 11 is 0. The van der Waals surface area contributed by atoms with Crippen LogP contribution in [0.2, 0.25) is 0 Å². The monoisotopic (exact) mass is 268 g/mol. The molecule has 0 fully saturated rings. The van der Waals surface area contributed by atoms with Crippen molar-refractivity contribution in [1.82, 2.24) is 0 Å². The molecule has 104 valence electrons. The van der Waals surface area contributed by atoms with Crippen LogP contribution in [0.4, 0.5) is 0 Å². The summed E-state index contributed by atoms with van der Waals surface area (Å²) in [6, 6.07) is 4.09. The summed E-state index contributed by atoms with van der Waals surface area (Å²) in [7, 11) is 3.38. The summed E-state index contributed by atoms with van der Waals surface area (Å²) in [5.74, 6) is 1.73. The van der Waals surface area contributed by atoms with Gasteiger partial charge in [0.25, 0.3) is 0 Å². The highest BCUT2D eigenvalue weighted by Gasteiger charge is 2.16. The van der Waals surface area contributed by atoms with Crippen LogP contribution in [0.5, 0.6) is 11.5 Å². The van der Waals surface area contributed by atoms with E-state index in [1.165, 1.54) is 0 Å². The van der Waals surface area contributed by atoms with Crippen LogP contribution in [-0.4, -0.2) is 14.2 Å². The van der Waals surface area contributed by atoms with Gasteiger partial charge >= 0.3 is 0 Å². The average molecular weight is 268 g/mol. The standard InChI is InChI=1S/C18H20O2/c1-7-13-10-15-17(12(4)14(13)8-2)16(19-5)9-11(3)18(15)20-6/h7-10H,1-2H2,3-6H3. The topological polar surface area (TPSA) is 18.5 Å². The molecule has 0 saturated carbocycles. The molecule has 2 rings (SSSR count). The second-order valence-electron chi connectivity index (χ2n) is 4.76. The molecule has 0 atom stereocenters. The fourth-order valence-corrected chi connectivity index (χ4v) is 2.77. The molecule has 2 aromatic carbocycles. The van der Waals surface area contributed by atoms with Gasteiger partial charge in [-0.15, -0.1) is 0 Å². The molecule has 2 nitrogen and oxygen atoms in total. The van der Waals surface area contributed by atoms with E-state index in [4.69, 9.17) is 9.47 Å². The first-order chi connectivity index (χ1) is 9.58. The Morgan fingerprint density at radius 2 is 1.70 bits per heavy atom. The van der Waals surface area contributed by atoms with Gasteiger partial charge in [0, 0.05) is 10.8 Å². The van der Waals surface area contributed by atoms with Crippen molar-refractivity contribution in [2.45, 2.75) is 13.8 Å². The van der Waals surface area contributed by atoms with Gasteiger partial charge < -0.3 is 9.47 Å². The number of methoxy groups -OCH3 is 2. The van der Waals surface area contributed by atoms with Crippen LogP contribution in [-0.2, 0) is 0 Å². The zero-order valence-electron chi connectivity index (χ0n) is 12.5. The average Bonchev–Trinajstić information content (AvgIpc) is 2.45. The third kappa shape index (κ3) is 1.97. The van der Waals surface area contributed by atoms with Crippen molar-refractivity contribution in [3.63, 3.8) is 0 Å². The second-order valence-corrected chi connectivity index (χ2v) is 4.76. The normalized spacial score (nSPS) is 10.4. The van der Waals surface area contributed by atoms with E-state index in [1.54, 1.807) is 14.2 Å². The number of ether oxygens (including phenoxy) is 2. The number of aryl methyl sites for hydroxylation is 2. The molecular formula is C18H20O2. The van der Waals surface area contributed by atoms with Crippen LogP contribution >= 0.6 is 0 Å². The first kappa shape index (κ1) is 14.2. The van der Waals surface area contributed by atoms with E-state index in [1.807, 2.05) is 25.1 Å². The van der Waals surface area contributed by atoms with Crippen molar-refractivity contribution in [2.24, 2.45) is 0 Å². The van der Waals surface area contributed by atoms with E-state index in [0.717, 1.165) is 44.5 Å². The maximum absolute atomic E-state index is 5.57. The lowest BCUT2D eigenvalue weighted by atomic mass is 9.92. The molecule has 0 aromatic heterocycles. The van der Waals surface area contributed by atoms with Gasteiger partial charge in [-0.2, -0.15) is 0 Å². The molecule has 0 aliphatic carbocycles. The van der Waals surface area contributed by atoms with Crippen molar-refractivity contribution in [1.29, 1.82) is 0 Å². The molecule has 20 heavy (non-hydrogen) atoms. The molecule has 0 aliphatic heterocycles. The summed E-state index contributed by atoms with van der Waals surface area (Å²) in [5, 5.41) is 2.11. The maximum atomic E-state index is 5.57. The fraction of sp³-hybridized carbons (Fsp3) is 0.222. The van der Waals surface area contributed by atoms with Gasteiger partial charge in [-0.05, 0) is 48.2 Å². The van der Waals surface area contributed by atoms with Crippen molar-refractivity contribution in [2.75, 3.05) is 14.2 Å². The molecule has 0 bridgehead atoms. The number of fused-ring (bicyclic) bond motifs is 1. The predicted molar refractivity (Wildman–Crippen MR) is 86.7 cm³/mol. The fourth-order valence-electron chi connectivity index (χ4n) is 2.77. The minimum absolute atomic E-state index is 0.856. The van der Waals surface area contributed by atoms with Crippen molar-refractivity contribution in [3.8, 4) is 11.5 Å². The van der Waals surface area contributed by atoms with E-state index >= 15 is 0 Å². The zero-order valence-corrected chi connectivity index (χ0v) is 12.5. The van der Waals surface area contributed by atoms with Gasteiger partial charge in [0.1, 0.15) is 11.5 Å². The molecule has 0 heterocycles. The summed E-state index contributed by atoms with van der Waals surface area (Å²) in [6.07, 6.45) is 3.70. The number of hydrogen-bond donors (Lipinski definition) is 0. The number of benzene rings is 2. The molecule has 0 aliphatic rings. The summed E-state index contributed by atoms with van der Waals surface area (Å²) in [5.41, 5.74) is 4.31. The molecule has 0 N–H and O–H groups in total. The van der Waals surface area contributed by atoms with Gasteiger partial charge in [-0.25, -0.2) is 0 Å². The second kappa shape index (κ2) is 5.41. The number of rotatable bonds is 4. The lowest BCUT2D eigenvalue weighted by molar-refractivity contribution is 0.408. The van der Waals surface area contributed by atoms with Crippen LogP contribution in [0.1, 0.15) is 22.3 Å². The van der Waals surface area contributed by atoms with E-state index in [9.17, 15) is 0 Å². The van der Waals surface area contributed by atoms with Crippen LogP contribution in [0.3, 0.4) is 0 Å². The molecule has 0 amide bonds. The Kier molecular flexibility index (Phi) is 3.84. The highest BCUT2D eigenvalue weighted by atomic mass is 16.5. The summed E-state index contributed by atoms with van der Waals surface area (Å²) in [6.45, 7) is 11.9. The maximum Gasteiger partial charge on any atom is 0.129 e. The SMILES string of the molecule is C=Cc1cc2c(OC)c(C)cc(OC)c2c(C)c1C=C. The Morgan fingerprint density at radius 1 is 1.00 bits per heavy atom. The quantitative estimate of drug-likeness (QED) is 0.796. The molecule has 0 saturated heterocycles. The zero-order chi connectivity index (χ0) is 14.9. The lowest BCUT2D eigenvalue weighted by Gasteiger charge is -2.17. The Bertz CT molecular complexity index is 697. The van der Waals surface area contributed by atoms with Crippen molar-refractivity contribution < 1.29 is 9.47 Å². The van der Waals surface area contributed by atoms with E-state index in [0.29, 0.717) is 0 Å². The van der Waals surface area contributed by atoms with E-state index < -0.39 is 0 Å². The van der Waals surface area contributed by atoms with Crippen molar-refractivity contribution >= 4 is 22.9 Å². The molecule has 0 spiro atoms. The highest BCUT2D eigenvalue weighted by molar-refractivity contribution is 6.00. The van der Waals surface area contributed by atoms with Gasteiger partial charge in [0.2, 0.25) is 0 Å². The van der Waals surface area contributed by atoms with Crippen LogP contribution < -0.4 is 9.47 Å². The molecule has 0 radical (unpaired) electrons. The van der Waals surface area contributed by atoms with Gasteiger partial charge in [-0.1, -0.05) is 25.3 Å². The first-order valence-electron chi connectivity index (χ1n) is 6.52. The molecular weight excluding hydrogens is 248 g/mol. The van der Waals surface area contributed by atoms with Crippen molar-refractivity contribution in [3.05, 3.63) is 47.5 Å². The Balaban J connectivity index is 3.07. The van der Waals surface area contributed by atoms with Crippen LogP contribution in [0.15, 0.2) is 25.3 Å². The lowest BCUT2D eigenvalue weighted by Crippen LogP contribution is -1.97. The Morgan fingerprint density at radius 3 is 2.20 bits per heavy atom. The largest absolute Gasteiger partial charge is 0.496 e. The van der Waals surface area contributed by atoms with Crippen LogP contribution in [0, 0.1) is 13.8 Å². The highest BCUT2D eigenvalue weighted by Crippen LogP contribution is 2.40. The summed E-state index contributed by atoms with van der Waals surface area (Å²) in [4.78, 5) is 0. The van der Waals surface area contributed by atoms with Gasteiger partial charge in [0.05, 0.1) is 14.2 Å². The summed E-state index contributed by atoms with van der Waals surface area (Å²) < 4.78 is 11.1. The van der Waals surface area contributed by atoms with Gasteiger partial charge in [0.15, 0.2) is 0 Å². The number of hydrogen-bond acceptors (Lipinski definition) is 2. The first-order valence-corrected chi connectivity index (χ1v) is 6.52. The third-order valence-electron chi connectivity index (χ3n) is 3.70. The predicted octanol–water partition coefficient (Wildman–Crippen LogP) is 4.76. The Labute approximate surface area is 120 Å². The van der Waals surface area contributed by atoms with E-state index in [2.05, 4.69) is 26.1 Å². The smallest absolute Gasteiger partial charge is 0.129 e. The third-order valence-corrected chi connectivity index (χ3v) is 3.70. The van der Waals surface area contributed by atoms with E-state index in [-0.39, 0.29) is 0 Å². The molecule has 2 heteroatoms.